The lowest BCUT2D eigenvalue weighted by Crippen LogP contribution is -2.40. The summed E-state index contributed by atoms with van der Waals surface area (Å²) in [6.07, 6.45) is 0.361. The quantitative estimate of drug-likeness (QED) is 0.792. The molecule has 1 fully saturated rings. The number of nitrogens with zero attached hydrogens (tertiary/aromatic N) is 1. The van der Waals surface area contributed by atoms with Crippen LogP contribution in [0.2, 0.25) is 0 Å². The second-order valence-electron chi connectivity index (χ2n) is 4.77. The van der Waals surface area contributed by atoms with Gasteiger partial charge in [0.2, 0.25) is 10.0 Å². The average molecular weight is 297 g/mol. The third-order valence-corrected chi connectivity index (χ3v) is 5.46. The minimum atomic E-state index is -3.56. The summed E-state index contributed by atoms with van der Waals surface area (Å²) < 4.78 is 31.9. The lowest BCUT2D eigenvalue weighted by Gasteiger charge is -2.26. The molecule has 110 valence electrons. The fraction of sp³-hybridized carbons (Fsp3) is 0.500. The molecule has 0 unspecified atom stereocenters. The summed E-state index contributed by atoms with van der Waals surface area (Å²) in [6.45, 7) is 5.03. The Kier molecular flexibility index (Phi) is 4.57. The van der Waals surface area contributed by atoms with Crippen LogP contribution in [0.15, 0.2) is 23.1 Å². The topological polar surface area (TPSA) is 63.7 Å². The van der Waals surface area contributed by atoms with Crippen LogP contribution in [-0.2, 0) is 14.8 Å². The molecule has 1 aromatic carbocycles. The molecule has 1 aliphatic heterocycles. The molecule has 1 saturated heterocycles. The van der Waals surface area contributed by atoms with Gasteiger partial charge in [-0.3, -0.25) is 4.79 Å². The van der Waals surface area contributed by atoms with E-state index in [1.54, 1.807) is 26.0 Å². The van der Waals surface area contributed by atoms with Crippen molar-refractivity contribution in [1.29, 1.82) is 0 Å². The van der Waals surface area contributed by atoms with Gasteiger partial charge in [-0.05, 0) is 18.6 Å². The van der Waals surface area contributed by atoms with Crippen LogP contribution in [0.25, 0.3) is 0 Å². The van der Waals surface area contributed by atoms with E-state index in [1.165, 1.54) is 10.4 Å². The first-order valence-electron chi connectivity index (χ1n) is 6.68. The van der Waals surface area contributed by atoms with Gasteiger partial charge in [-0.1, -0.05) is 19.1 Å². The van der Waals surface area contributed by atoms with Crippen molar-refractivity contribution < 1.29 is 17.9 Å². The van der Waals surface area contributed by atoms with Gasteiger partial charge in [-0.25, -0.2) is 8.42 Å². The number of rotatable bonds is 4. The molecule has 0 aromatic heterocycles. The van der Waals surface area contributed by atoms with Gasteiger partial charge in [0, 0.05) is 25.1 Å². The van der Waals surface area contributed by atoms with Gasteiger partial charge < -0.3 is 4.74 Å². The van der Waals surface area contributed by atoms with E-state index in [1.807, 2.05) is 0 Å². The summed E-state index contributed by atoms with van der Waals surface area (Å²) in [5.74, 6) is -0.0524. The van der Waals surface area contributed by atoms with E-state index < -0.39 is 10.0 Å². The average Bonchev–Trinajstić information content (AvgIpc) is 2.47. The van der Waals surface area contributed by atoms with Crippen molar-refractivity contribution in [3.63, 3.8) is 0 Å². The standard InChI is InChI=1S/C14H19NO4S/c1-3-13(16)12-5-4-11(2)14(10-12)20(17,18)15-6-8-19-9-7-15/h4-5,10H,3,6-9H2,1-2H3. The number of hydrogen-bond donors (Lipinski definition) is 0. The Morgan fingerprint density at radius 3 is 2.55 bits per heavy atom. The van der Waals surface area contributed by atoms with Gasteiger partial charge in [0.1, 0.15) is 0 Å². The molecule has 20 heavy (non-hydrogen) atoms. The zero-order valence-corrected chi connectivity index (χ0v) is 12.6. The lowest BCUT2D eigenvalue weighted by molar-refractivity contribution is 0.0730. The van der Waals surface area contributed by atoms with Gasteiger partial charge >= 0.3 is 0 Å². The number of benzene rings is 1. The number of ether oxygens (including phenoxy) is 1. The van der Waals surface area contributed by atoms with E-state index in [0.29, 0.717) is 43.9 Å². The summed E-state index contributed by atoms with van der Waals surface area (Å²) in [4.78, 5) is 12.0. The maximum atomic E-state index is 12.6. The van der Waals surface area contributed by atoms with Crippen LogP contribution < -0.4 is 0 Å². The minimum Gasteiger partial charge on any atom is -0.379 e. The van der Waals surface area contributed by atoms with E-state index in [0.717, 1.165) is 0 Å². The third kappa shape index (κ3) is 2.92. The van der Waals surface area contributed by atoms with Crippen LogP contribution in [0.5, 0.6) is 0 Å². The summed E-state index contributed by atoms with van der Waals surface area (Å²) >= 11 is 0. The summed E-state index contributed by atoms with van der Waals surface area (Å²) in [5.41, 5.74) is 1.11. The van der Waals surface area contributed by atoms with Gasteiger partial charge in [0.25, 0.3) is 0 Å². The number of hydrogen-bond acceptors (Lipinski definition) is 4. The Morgan fingerprint density at radius 2 is 1.95 bits per heavy atom. The zero-order valence-electron chi connectivity index (χ0n) is 11.8. The molecule has 0 aliphatic carbocycles. The first kappa shape index (κ1) is 15.2. The molecule has 0 bridgehead atoms. The maximum Gasteiger partial charge on any atom is 0.243 e. The van der Waals surface area contributed by atoms with Gasteiger partial charge in [0.15, 0.2) is 5.78 Å². The number of morpholine rings is 1. The van der Waals surface area contributed by atoms with E-state index in [9.17, 15) is 13.2 Å². The van der Waals surface area contributed by atoms with Crippen molar-refractivity contribution in [2.75, 3.05) is 26.3 Å². The molecular weight excluding hydrogens is 278 g/mol. The number of carbonyl (C=O) groups excluding carboxylic acids is 1. The van der Waals surface area contributed by atoms with Crippen LogP contribution >= 0.6 is 0 Å². The molecule has 1 aliphatic rings. The van der Waals surface area contributed by atoms with Crippen LogP contribution in [0, 0.1) is 6.92 Å². The Hall–Kier alpha value is -1.24. The fourth-order valence-electron chi connectivity index (χ4n) is 2.18. The predicted octanol–water partition coefficient (Wildman–Crippen LogP) is 1.61. The Labute approximate surface area is 119 Å². The normalized spacial score (nSPS) is 17.1. The van der Waals surface area contributed by atoms with Crippen molar-refractivity contribution in [2.45, 2.75) is 25.2 Å². The van der Waals surface area contributed by atoms with Crippen molar-refractivity contribution in [2.24, 2.45) is 0 Å². The van der Waals surface area contributed by atoms with Crippen LogP contribution in [-0.4, -0.2) is 44.8 Å². The summed E-state index contributed by atoms with van der Waals surface area (Å²) in [7, 11) is -3.56. The largest absolute Gasteiger partial charge is 0.379 e. The number of carbonyl (C=O) groups is 1. The minimum absolute atomic E-state index is 0.0524. The van der Waals surface area contributed by atoms with Crippen molar-refractivity contribution >= 4 is 15.8 Å². The number of aryl methyl sites for hydroxylation is 1. The molecule has 0 spiro atoms. The van der Waals surface area contributed by atoms with E-state index in [4.69, 9.17) is 4.74 Å². The van der Waals surface area contributed by atoms with Crippen molar-refractivity contribution in [3.8, 4) is 0 Å². The zero-order chi connectivity index (χ0) is 14.8. The van der Waals surface area contributed by atoms with Crippen LogP contribution in [0.3, 0.4) is 0 Å². The van der Waals surface area contributed by atoms with Crippen LogP contribution in [0.1, 0.15) is 29.3 Å². The molecular formula is C14H19NO4S. The molecule has 0 saturated carbocycles. The van der Waals surface area contributed by atoms with Gasteiger partial charge in [-0.15, -0.1) is 0 Å². The molecule has 0 atom stereocenters. The predicted molar refractivity (Wildman–Crippen MR) is 75.4 cm³/mol. The number of Topliss-reactive ketones (excluding diaryl/α,β-unsaturated/α-hetero) is 1. The first-order chi connectivity index (χ1) is 9.46. The maximum absolute atomic E-state index is 12.6. The second-order valence-corrected chi connectivity index (χ2v) is 6.68. The molecule has 0 radical (unpaired) electrons. The molecule has 0 amide bonds. The van der Waals surface area contributed by atoms with Gasteiger partial charge in [-0.2, -0.15) is 4.31 Å². The highest BCUT2D eigenvalue weighted by molar-refractivity contribution is 7.89. The molecule has 2 rings (SSSR count). The Morgan fingerprint density at radius 1 is 1.30 bits per heavy atom. The van der Waals surface area contributed by atoms with Crippen molar-refractivity contribution in [3.05, 3.63) is 29.3 Å². The van der Waals surface area contributed by atoms with Crippen LogP contribution in [0.4, 0.5) is 0 Å². The molecule has 0 N–H and O–H groups in total. The van der Waals surface area contributed by atoms with Gasteiger partial charge in [0.05, 0.1) is 18.1 Å². The van der Waals surface area contributed by atoms with E-state index >= 15 is 0 Å². The molecule has 5 nitrogen and oxygen atoms in total. The summed E-state index contributed by atoms with van der Waals surface area (Å²) in [5, 5.41) is 0. The Balaban J connectivity index is 2.42. The monoisotopic (exact) mass is 297 g/mol. The third-order valence-electron chi connectivity index (χ3n) is 3.42. The number of ketones is 1. The molecule has 1 heterocycles. The second kappa shape index (κ2) is 6.03. The number of sulfonamides is 1. The van der Waals surface area contributed by atoms with E-state index in [2.05, 4.69) is 0 Å². The lowest BCUT2D eigenvalue weighted by atomic mass is 10.1. The highest BCUT2D eigenvalue weighted by Gasteiger charge is 2.28. The van der Waals surface area contributed by atoms with Crippen molar-refractivity contribution in [1.82, 2.24) is 4.31 Å². The molecule has 1 aromatic rings. The van der Waals surface area contributed by atoms with E-state index in [-0.39, 0.29) is 10.7 Å². The smallest absolute Gasteiger partial charge is 0.243 e. The fourth-order valence-corrected chi connectivity index (χ4v) is 3.84. The first-order valence-corrected chi connectivity index (χ1v) is 8.12. The molecule has 6 heteroatoms. The highest BCUT2D eigenvalue weighted by atomic mass is 32.2. The highest BCUT2D eigenvalue weighted by Crippen LogP contribution is 2.22. The SMILES string of the molecule is CCC(=O)c1ccc(C)c(S(=O)(=O)N2CCOCC2)c1. The summed E-state index contributed by atoms with van der Waals surface area (Å²) in [6, 6.07) is 4.86. The Bertz CT molecular complexity index is 604.